The van der Waals surface area contributed by atoms with Crippen molar-refractivity contribution >= 4 is 29.4 Å². The first-order chi connectivity index (χ1) is 15.3. The van der Waals surface area contributed by atoms with E-state index in [1.165, 1.54) is 84.0 Å². The Bertz CT molecular complexity index is 643. The molecule has 6 heteroatoms. The van der Waals surface area contributed by atoms with E-state index in [2.05, 4.69) is 33.0 Å². The Hall–Kier alpha value is -0.170. The molecule has 4 heterocycles. The first-order valence-electron chi connectivity index (χ1n) is 13.0. The summed E-state index contributed by atoms with van der Waals surface area (Å²) in [7, 11) is 0. The van der Waals surface area contributed by atoms with Crippen molar-refractivity contribution < 1.29 is 4.79 Å². The Balaban J connectivity index is 0.997. The molecule has 0 aromatic rings. The molecule has 0 aromatic carbocycles. The fourth-order valence-electron chi connectivity index (χ4n) is 6.62. The zero-order valence-electron chi connectivity index (χ0n) is 19.1. The summed E-state index contributed by atoms with van der Waals surface area (Å²) in [6.45, 7) is 7.06. The SMILES string of the molecule is O=C(NCCCN1CCC(N2CCCCC2)CC1)C1=CC2SC3CCCCC3C2CS1. The molecule has 0 aromatic heterocycles. The van der Waals surface area contributed by atoms with Gasteiger partial charge in [0.1, 0.15) is 0 Å². The van der Waals surface area contributed by atoms with Crippen LogP contribution < -0.4 is 5.32 Å². The molecule has 1 saturated carbocycles. The zero-order valence-corrected chi connectivity index (χ0v) is 20.7. The molecule has 4 fully saturated rings. The summed E-state index contributed by atoms with van der Waals surface area (Å²) >= 11 is 4.00. The number of amides is 1. The van der Waals surface area contributed by atoms with Crippen molar-refractivity contribution in [2.75, 3.05) is 45.0 Å². The molecule has 5 aliphatic rings. The molecular weight excluding hydrogens is 422 g/mol. The number of carbonyl (C=O) groups excluding carboxylic acids is 1. The van der Waals surface area contributed by atoms with Crippen LogP contribution in [0.3, 0.4) is 0 Å². The zero-order chi connectivity index (χ0) is 21.0. The van der Waals surface area contributed by atoms with Gasteiger partial charge in [0.2, 0.25) is 0 Å². The van der Waals surface area contributed by atoms with Crippen LogP contribution in [0.2, 0.25) is 0 Å². The van der Waals surface area contributed by atoms with Crippen molar-refractivity contribution in [3.63, 3.8) is 0 Å². The van der Waals surface area contributed by atoms with Crippen LogP contribution in [0, 0.1) is 11.8 Å². The normalized spacial score (nSPS) is 35.3. The average molecular weight is 464 g/mol. The minimum absolute atomic E-state index is 0.183. The van der Waals surface area contributed by atoms with Gasteiger partial charge < -0.3 is 15.1 Å². The largest absolute Gasteiger partial charge is 0.352 e. The molecule has 4 atom stereocenters. The Kier molecular flexibility index (Phi) is 7.91. The van der Waals surface area contributed by atoms with Gasteiger partial charge >= 0.3 is 0 Å². The monoisotopic (exact) mass is 463 g/mol. The maximum atomic E-state index is 12.7. The molecule has 0 bridgehead atoms. The molecule has 174 valence electrons. The predicted octanol–water partition coefficient (Wildman–Crippen LogP) is 4.36. The Labute approximate surface area is 197 Å². The van der Waals surface area contributed by atoms with Crippen LogP contribution in [0.15, 0.2) is 11.0 Å². The summed E-state index contributed by atoms with van der Waals surface area (Å²) in [4.78, 5) is 19.1. The quantitative estimate of drug-likeness (QED) is 0.592. The van der Waals surface area contributed by atoms with E-state index in [1.807, 2.05) is 11.8 Å². The summed E-state index contributed by atoms with van der Waals surface area (Å²) in [6, 6.07) is 0.827. The van der Waals surface area contributed by atoms with Gasteiger partial charge in [0, 0.05) is 28.8 Å². The van der Waals surface area contributed by atoms with E-state index in [-0.39, 0.29) is 5.91 Å². The average Bonchev–Trinajstić information content (AvgIpc) is 3.20. The highest BCUT2D eigenvalue weighted by Crippen LogP contribution is 2.53. The topological polar surface area (TPSA) is 35.6 Å². The summed E-state index contributed by atoms with van der Waals surface area (Å²) in [5, 5.41) is 4.68. The second-order valence-corrected chi connectivity index (χ2v) is 12.9. The molecule has 0 spiro atoms. The molecule has 0 radical (unpaired) electrons. The van der Waals surface area contributed by atoms with Crippen molar-refractivity contribution in [1.29, 1.82) is 0 Å². The molecule has 3 saturated heterocycles. The van der Waals surface area contributed by atoms with Crippen LogP contribution >= 0.6 is 23.5 Å². The lowest BCUT2D eigenvalue weighted by atomic mass is 9.79. The number of nitrogens with zero attached hydrogens (tertiary/aromatic N) is 2. The van der Waals surface area contributed by atoms with E-state index in [4.69, 9.17) is 0 Å². The standard InChI is InChI=1S/C25H41N3OS2/c29-25(24-17-23-21(18-30-24)20-7-2-3-8-22(20)31-23)26-11-6-12-27-15-9-19(10-16-27)28-13-4-1-5-14-28/h17,19-23H,1-16,18H2,(H,26,29). The summed E-state index contributed by atoms with van der Waals surface area (Å²) in [6.07, 6.45) is 15.9. The third-order valence-corrected chi connectivity index (χ3v) is 11.3. The molecule has 1 N–H and O–H groups in total. The molecule has 31 heavy (non-hydrogen) atoms. The molecule has 1 amide bonds. The smallest absolute Gasteiger partial charge is 0.257 e. The molecule has 1 aliphatic carbocycles. The number of thioether (sulfide) groups is 2. The van der Waals surface area contributed by atoms with Crippen LogP contribution in [0.25, 0.3) is 0 Å². The van der Waals surface area contributed by atoms with Gasteiger partial charge in [-0.15, -0.1) is 11.8 Å². The van der Waals surface area contributed by atoms with Gasteiger partial charge in [-0.25, -0.2) is 0 Å². The number of hydrogen-bond acceptors (Lipinski definition) is 5. The van der Waals surface area contributed by atoms with Gasteiger partial charge in [0.05, 0.1) is 4.91 Å². The van der Waals surface area contributed by atoms with E-state index in [9.17, 15) is 4.79 Å². The minimum Gasteiger partial charge on any atom is -0.352 e. The number of piperidine rings is 2. The van der Waals surface area contributed by atoms with Crippen molar-refractivity contribution in [3.05, 3.63) is 11.0 Å². The third-order valence-electron chi connectivity index (χ3n) is 8.43. The Morgan fingerprint density at radius 1 is 0.968 bits per heavy atom. The van der Waals surface area contributed by atoms with E-state index in [1.54, 1.807) is 0 Å². The molecule has 4 aliphatic heterocycles. The lowest BCUT2D eigenvalue weighted by Crippen LogP contribution is -2.47. The molecule has 4 unspecified atom stereocenters. The first kappa shape index (κ1) is 22.6. The number of carbonyl (C=O) groups is 1. The Morgan fingerprint density at radius 2 is 1.77 bits per heavy atom. The second-order valence-electron chi connectivity index (χ2n) is 10.4. The van der Waals surface area contributed by atoms with Gasteiger partial charge in [-0.1, -0.05) is 25.3 Å². The third kappa shape index (κ3) is 5.50. The van der Waals surface area contributed by atoms with Crippen LogP contribution in [0.4, 0.5) is 0 Å². The van der Waals surface area contributed by atoms with Crippen LogP contribution in [-0.2, 0) is 4.79 Å². The summed E-state index contributed by atoms with van der Waals surface area (Å²) in [5.74, 6) is 3.06. The van der Waals surface area contributed by atoms with E-state index < -0.39 is 0 Å². The van der Waals surface area contributed by atoms with E-state index >= 15 is 0 Å². The fraction of sp³-hybridized carbons (Fsp3) is 0.880. The highest BCUT2D eigenvalue weighted by molar-refractivity contribution is 8.04. The number of likely N-dealkylation sites (tertiary alicyclic amines) is 2. The van der Waals surface area contributed by atoms with Gasteiger partial charge in [0.15, 0.2) is 0 Å². The van der Waals surface area contributed by atoms with Gasteiger partial charge in [-0.3, -0.25) is 4.79 Å². The maximum Gasteiger partial charge on any atom is 0.257 e. The highest BCUT2D eigenvalue weighted by Gasteiger charge is 2.45. The van der Waals surface area contributed by atoms with Gasteiger partial charge in [0.25, 0.3) is 5.91 Å². The lowest BCUT2D eigenvalue weighted by Gasteiger charge is -2.40. The minimum atomic E-state index is 0.183. The Morgan fingerprint density at radius 3 is 2.61 bits per heavy atom. The molecule has 5 rings (SSSR count). The second kappa shape index (κ2) is 10.8. The van der Waals surface area contributed by atoms with Crippen LogP contribution in [0.5, 0.6) is 0 Å². The van der Waals surface area contributed by atoms with Crippen molar-refractivity contribution in [3.8, 4) is 0 Å². The van der Waals surface area contributed by atoms with Crippen molar-refractivity contribution in [2.45, 2.75) is 80.7 Å². The van der Waals surface area contributed by atoms with E-state index in [0.717, 1.165) is 53.3 Å². The number of nitrogens with one attached hydrogen (secondary N) is 1. The predicted molar refractivity (Wildman–Crippen MR) is 134 cm³/mol. The van der Waals surface area contributed by atoms with Crippen LogP contribution in [0.1, 0.15) is 64.2 Å². The van der Waals surface area contributed by atoms with Gasteiger partial charge in [-0.05, 0) is 89.5 Å². The molecule has 4 nitrogen and oxygen atoms in total. The van der Waals surface area contributed by atoms with E-state index in [0.29, 0.717) is 5.25 Å². The number of rotatable bonds is 6. The maximum absolute atomic E-state index is 12.7. The van der Waals surface area contributed by atoms with Crippen molar-refractivity contribution in [1.82, 2.24) is 15.1 Å². The fourth-order valence-corrected chi connectivity index (χ4v) is 10.1. The van der Waals surface area contributed by atoms with Gasteiger partial charge in [-0.2, -0.15) is 11.8 Å². The first-order valence-corrected chi connectivity index (χ1v) is 15.0. The van der Waals surface area contributed by atoms with Crippen LogP contribution in [-0.4, -0.2) is 77.3 Å². The van der Waals surface area contributed by atoms with Crippen molar-refractivity contribution in [2.24, 2.45) is 11.8 Å². The molecular formula is C25H41N3OS2. The summed E-state index contributed by atoms with van der Waals surface area (Å²) < 4.78 is 0. The number of hydrogen-bond donors (Lipinski definition) is 1. The highest BCUT2D eigenvalue weighted by atomic mass is 32.2. The lowest BCUT2D eigenvalue weighted by molar-refractivity contribution is -0.116. The number of fused-ring (bicyclic) bond motifs is 3. The summed E-state index contributed by atoms with van der Waals surface area (Å²) in [5.41, 5.74) is 0.